The first-order chi connectivity index (χ1) is 11.7. The van der Waals surface area contributed by atoms with Crippen molar-refractivity contribution >= 4 is 22.3 Å². The van der Waals surface area contributed by atoms with Crippen LogP contribution in [0.3, 0.4) is 0 Å². The van der Waals surface area contributed by atoms with E-state index in [-0.39, 0.29) is 11.3 Å². The van der Waals surface area contributed by atoms with Gasteiger partial charge in [0.2, 0.25) is 0 Å². The topological polar surface area (TPSA) is 79.5 Å². The van der Waals surface area contributed by atoms with Gasteiger partial charge in [-0.25, -0.2) is 4.98 Å². The number of aromatic nitrogens is 2. The predicted molar refractivity (Wildman–Crippen MR) is 93.5 cm³/mol. The van der Waals surface area contributed by atoms with Crippen LogP contribution in [-0.2, 0) is 6.54 Å². The summed E-state index contributed by atoms with van der Waals surface area (Å²) in [4.78, 5) is 17.3. The maximum atomic E-state index is 12.7. The quantitative estimate of drug-likeness (QED) is 0.562. The molecule has 2 aromatic carbocycles. The zero-order chi connectivity index (χ0) is 16.5. The number of phenols is 1. The lowest BCUT2D eigenvalue weighted by atomic mass is 10.1. The highest BCUT2D eigenvalue weighted by Crippen LogP contribution is 2.17. The van der Waals surface area contributed by atoms with E-state index in [1.165, 1.54) is 0 Å². The SMILES string of the molecule is O=c1c2ccccc2nc2n1CCC/C2=N/Nc1ccc(O)cc1. The number of fused-ring (bicyclic) bond motifs is 2. The van der Waals surface area contributed by atoms with E-state index < -0.39 is 0 Å². The smallest absolute Gasteiger partial charge is 0.261 e. The number of anilines is 1. The van der Waals surface area contributed by atoms with Crippen molar-refractivity contribution < 1.29 is 5.11 Å². The molecule has 0 aliphatic carbocycles. The highest BCUT2D eigenvalue weighted by atomic mass is 16.3. The number of phenolic OH excluding ortho intramolecular Hbond substituents is 1. The van der Waals surface area contributed by atoms with Gasteiger partial charge in [0.05, 0.1) is 16.6 Å². The number of hydrogen-bond donors (Lipinski definition) is 2. The van der Waals surface area contributed by atoms with Gasteiger partial charge in [0.15, 0.2) is 5.82 Å². The summed E-state index contributed by atoms with van der Waals surface area (Å²) in [5, 5.41) is 14.4. The van der Waals surface area contributed by atoms with Gasteiger partial charge in [-0.3, -0.25) is 14.8 Å². The van der Waals surface area contributed by atoms with E-state index in [9.17, 15) is 9.90 Å². The minimum Gasteiger partial charge on any atom is -0.508 e. The molecule has 6 nitrogen and oxygen atoms in total. The number of benzene rings is 2. The average Bonchev–Trinajstić information content (AvgIpc) is 2.62. The molecule has 0 bridgehead atoms. The third-order valence-corrected chi connectivity index (χ3v) is 4.10. The average molecular weight is 320 g/mol. The van der Waals surface area contributed by atoms with Crippen molar-refractivity contribution in [2.45, 2.75) is 19.4 Å². The van der Waals surface area contributed by atoms with Crippen LogP contribution in [-0.4, -0.2) is 20.4 Å². The highest BCUT2D eigenvalue weighted by Gasteiger charge is 2.20. The molecule has 24 heavy (non-hydrogen) atoms. The maximum Gasteiger partial charge on any atom is 0.261 e. The second kappa shape index (κ2) is 5.81. The molecule has 0 fully saturated rings. The molecule has 0 unspecified atom stereocenters. The van der Waals surface area contributed by atoms with Crippen molar-refractivity contribution in [3.63, 3.8) is 0 Å². The zero-order valence-electron chi connectivity index (χ0n) is 12.9. The van der Waals surface area contributed by atoms with Gasteiger partial charge in [0.25, 0.3) is 5.56 Å². The summed E-state index contributed by atoms with van der Waals surface area (Å²) in [7, 11) is 0. The molecule has 2 N–H and O–H groups in total. The van der Waals surface area contributed by atoms with Crippen LogP contribution in [0, 0.1) is 0 Å². The molecule has 1 aromatic heterocycles. The van der Waals surface area contributed by atoms with Crippen LogP contribution in [0.2, 0.25) is 0 Å². The fraction of sp³-hybridized carbons (Fsp3) is 0.167. The van der Waals surface area contributed by atoms with Crippen molar-refractivity contribution in [1.82, 2.24) is 9.55 Å². The van der Waals surface area contributed by atoms with Crippen LogP contribution >= 0.6 is 0 Å². The Morgan fingerprint density at radius 1 is 1.12 bits per heavy atom. The summed E-state index contributed by atoms with van der Waals surface area (Å²) >= 11 is 0. The molecule has 0 radical (unpaired) electrons. The third-order valence-electron chi connectivity index (χ3n) is 4.10. The summed E-state index contributed by atoms with van der Waals surface area (Å²) in [6.45, 7) is 0.657. The molecule has 0 spiro atoms. The van der Waals surface area contributed by atoms with E-state index in [4.69, 9.17) is 0 Å². The molecule has 0 atom stereocenters. The van der Waals surface area contributed by atoms with Crippen molar-refractivity contribution in [3.8, 4) is 5.75 Å². The van der Waals surface area contributed by atoms with Gasteiger partial charge in [-0.2, -0.15) is 5.10 Å². The molecule has 0 amide bonds. The molecule has 0 saturated heterocycles. The van der Waals surface area contributed by atoms with Crippen LogP contribution < -0.4 is 11.0 Å². The minimum atomic E-state index is -0.0207. The monoisotopic (exact) mass is 320 g/mol. The van der Waals surface area contributed by atoms with Gasteiger partial charge in [0.1, 0.15) is 11.5 Å². The van der Waals surface area contributed by atoms with Gasteiger partial charge in [-0.1, -0.05) is 12.1 Å². The fourth-order valence-electron chi connectivity index (χ4n) is 2.89. The van der Waals surface area contributed by atoms with Crippen LogP contribution in [0.5, 0.6) is 5.75 Å². The predicted octanol–water partition coefficient (Wildman–Crippen LogP) is 2.71. The van der Waals surface area contributed by atoms with Gasteiger partial charge in [-0.15, -0.1) is 0 Å². The molecule has 0 saturated carbocycles. The lowest BCUT2D eigenvalue weighted by molar-refractivity contribution is 0.475. The molecule has 2 heterocycles. The molecule has 3 aromatic rings. The Morgan fingerprint density at radius 2 is 1.92 bits per heavy atom. The van der Waals surface area contributed by atoms with E-state index in [1.807, 2.05) is 18.2 Å². The molecule has 120 valence electrons. The summed E-state index contributed by atoms with van der Waals surface area (Å²) in [5.74, 6) is 0.826. The normalized spacial score (nSPS) is 15.4. The van der Waals surface area contributed by atoms with E-state index in [2.05, 4.69) is 15.5 Å². The van der Waals surface area contributed by atoms with Gasteiger partial charge in [0, 0.05) is 6.54 Å². The number of hydrogen-bond acceptors (Lipinski definition) is 5. The Hall–Kier alpha value is -3.15. The second-order valence-electron chi connectivity index (χ2n) is 5.73. The number of rotatable bonds is 2. The minimum absolute atomic E-state index is 0.0207. The number of aromatic hydroxyl groups is 1. The maximum absolute atomic E-state index is 12.7. The van der Waals surface area contributed by atoms with Gasteiger partial charge < -0.3 is 5.11 Å². The number of para-hydroxylation sites is 1. The fourth-order valence-corrected chi connectivity index (χ4v) is 2.89. The first-order valence-corrected chi connectivity index (χ1v) is 7.84. The molecule has 4 rings (SSSR count). The van der Waals surface area contributed by atoms with E-state index in [1.54, 1.807) is 34.9 Å². The highest BCUT2D eigenvalue weighted by molar-refractivity contribution is 5.99. The van der Waals surface area contributed by atoms with Crippen molar-refractivity contribution in [2.24, 2.45) is 5.10 Å². The lowest BCUT2D eigenvalue weighted by Crippen LogP contribution is -2.32. The standard InChI is InChI=1S/C18H16N4O2/c23-13-9-7-12(8-10-13)20-21-16-6-3-11-22-17(16)19-15-5-2-1-4-14(15)18(22)24/h1-2,4-5,7-10,20,23H,3,6,11H2/b21-16-. The number of hydrazone groups is 1. The molecule has 1 aliphatic heterocycles. The summed E-state index contributed by atoms with van der Waals surface area (Å²) < 4.78 is 1.70. The van der Waals surface area contributed by atoms with E-state index in [0.29, 0.717) is 23.3 Å². The van der Waals surface area contributed by atoms with Crippen LogP contribution in [0.4, 0.5) is 5.69 Å². The first kappa shape index (κ1) is 14.4. The third kappa shape index (κ3) is 2.52. The molecule has 6 heteroatoms. The van der Waals surface area contributed by atoms with E-state index in [0.717, 1.165) is 24.2 Å². The van der Waals surface area contributed by atoms with Crippen molar-refractivity contribution in [3.05, 3.63) is 64.7 Å². The Morgan fingerprint density at radius 3 is 2.75 bits per heavy atom. The van der Waals surface area contributed by atoms with Crippen LogP contribution in [0.1, 0.15) is 18.7 Å². The lowest BCUT2D eigenvalue weighted by Gasteiger charge is -2.19. The number of nitrogens with zero attached hydrogens (tertiary/aromatic N) is 3. The Labute approximate surface area is 138 Å². The molecular formula is C18H16N4O2. The summed E-state index contributed by atoms with van der Waals surface area (Å²) in [6, 6.07) is 14.0. The molecular weight excluding hydrogens is 304 g/mol. The van der Waals surface area contributed by atoms with Gasteiger partial charge in [-0.05, 0) is 49.2 Å². The summed E-state index contributed by atoms with van der Waals surface area (Å²) in [6.07, 6.45) is 1.61. The van der Waals surface area contributed by atoms with Crippen molar-refractivity contribution in [1.29, 1.82) is 0 Å². The molecule has 1 aliphatic rings. The van der Waals surface area contributed by atoms with Crippen LogP contribution in [0.15, 0.2) is 58.4 Å². The largest absolute Gasteiger partial charge is 0.508 e. The Balaban J connectivity index is 1.76. The second-order valence-corrected chi connectivity index (χ2v) is 5.73. The van der Waals surface area contributed by atoms with E-state index >= 15 is 0 Å². The van der Waals surface area contributed by atoms with Gasteiger partial charge >= 0.3 is 0 Å². The van der Waals surface area contributed by atoms with Crippen LogP contribution in [0.25, 0.3) is 10.9 Å². The Bertz CT molecular complexity index is 990. The summed E-state index contributed by atoms with van der Waals surface area (Å²) in [5.41, 5.74) is 5.16. The zero-order valence-corrected chi connectivity index (χ0v) is 12.9. The Kier molecular flexibility index (Phi) is 3.49. The number of nitrogens with one attached hydrogen (secondary N) is 1. The van der Waals surface area contributed by atoms with Crippen molar-refractivity contribution in [2.75, 3.05) is 5.43 Å². The first-order valence-electron chi connectivity index (χ1n) is 7.84.